The van der Waals surface area contributed by atoms with Crippen LogP contribution >= 0.6 is 0 Å². The zero-order valence-corrected chi connectivity index (χ0v) is 23.0. The summed E-state index contributed by atoms with van der Waals surface area (Å²) in [7, 11) is 1.85. The molecule has 1 aliphatic heterocycles. The second kappa shape index (κ2) is 12.5. The van der Waals surface area contributed by atoms with Gasteiger partial charge >= 0.3 is 5.97 Å². The Morgan fingerprint density at radius 3 is 2.63 bits per heavy atom. The summed E-state index contributed by atoms with van der Waals surface area (Å²) in [6, 6.07) is 15.6. The minimum Gasteiger partial charge on any atom is -0.485 e. The van der Waals surface area contributed by atoms with Gasteiger partial charge in [0.1, 0.15) is 29.6 Å². The van der Waals surface area contributed by atoms with Crippen LogP contribution in [-0.2, 0) is 24.3 Å². The molecule has 2 aromatic carbocycles. The molecule has 214 valence electrons. The SMILES string of the molecule is CCOC(=O)c1c(OCc2ccccc2)c2ncc(Cc3ccc(F)cc3)c3c2n(c1=O)CC(CN(C)CCO)O3. The van der Waals surface area contributed by atoms with Crippen molar-refractivity contribution in [3.63, 3.8) is 0 Å². The van der Waals surface area contributed by atoms with Gasteiger partial charge in [-0.2, -0.15) is 0 Å². The van der Waals surface area contributed by atoms with Crippen molar-refractivity contribution in [1.29, 1.82) is 0 Å². The smallest absolute Gasteiger partial charge is 0.347 e. The number of halogens is 1. The average molecular weight is 562 g/mol. The predicted molar refractivity (Wildman–Crippen MR) is 151 cm³/mol. The monoisotopic (exact) mass is 561 g/mol. The first-order chi connectivity index (χ1) is 19.9. The lowest BCUT2D eigenvalue weighted by Crippen LogP contribution is -2.43. The number of benzene rings is 2. The van der Waals surface area contributed by atoms with Gasteiger partial charge in [0.2, 0.25) is 0 Å². The number of carbonyl (C=O) groups excluding carboxylic acids is 1. The second-order valence-corrected chi connectivity index (χ2v) is 9.95. The molecule has 0 aliphatic carbocycles. The first-order valence-electron chi connectivity index (χ1n) is 13.5. The Balaban J connectivity index is 1.68. The number of carbonyl (C=O) groups is 1. The van der Waals surface area contributed by atoms with E-state index < -0.39 is 17.6 Å². The number of aliphatic hydroxyl groups is 1. The van der Waals surface area contributed by atoms with E-state index in [-0.39, 0.29) is 43.5 Å². The fraction of sp³-hybridized carbons (Fsp3) is 0.323. The largest absolute Gasteiger partial charge is 0.485 e. The van der Waals surface area contributed by atoms with Gasteiger partial charge in [-0.3, -0.25) is 14.3 Å². The highest BCUT2D eigenvalue weighted by Gasteiger charge is 2.33. The zero-order chi connectivity index (χ0) is 28.9. The molecular weight excluding hydrogens is 529 g/mol. The summed E-state index contributed by atoms with van der Waals surface area (Å²) >= 11 is 0. The minimum atomic E-state index is -0.787. The Bertz CT molecular complexity index is 1590. The van der Waals surface area contributed by atoms with Crippen LogP contribution in [0.2, 0.25) is 0 Å². The van der Waals surface area contributed by atoms with E-state index in [2.05, 4.69) is 4.98 Å². The molecule has 0 fully saturated rings. The van der Waals surface area contributed by atoms with Crippen molar-refractivity contribution in [2.75, 3.05) is 33.4 Å². The van der Waals surface area contributed by atoms with E-state index in [0.29, 0.717) is 41.9 Å². The fourth-order valence-electron chi connectivity index (χ4n) is 5.01. The minimum absolute atomic E-state index is 0.0236. The van der Waals surface area contributed by atoms with E-state index in [4.69, 9.17) is 14.2 Å². The predicted octanol–water partition coefficient (Wildman–Crippen LogP) is 3.57. The highest BCUT2D eigenvalue weighted by molar-refractivity contribution is 6.00. The molecule has 4 aromatic rings. The summed E-state index contributed by atoms with van der Waals surface area (Å²) in [4.78, 5) is 33.8. The number of likely N-dealkylation sites (N-methyl/N-ethyl adjacent to an activating group) is 1. The van der Waals surface area contributed by atoms with Gasteiger partial charge in [0, 0.05) is 31.3 Å². The number of esters is 1. The van der Waals surface area contributed by atoms with E-state index in [1.54, 1.807) is 25.3 Å². The van der Waals surface area contributed by atoms with Gasteiger partial charge in [0.25, 0.3) is 5.56 Å². The molecular formula is C31H32FN3O6. The Labute approximate surface area is 236 Å². The summed E-state index contributed by atoms with van der Waals surface area (Å²) in [5.41, 5.74) is 2.34. The molecule has 1 unspecified atom stereocenters. The van der Waals surface area contributed by atoms with Crippen LogP contribution in [0.5, 0.6) is 11.5 Å². The number of hydrogen-bond donors (Lipinski definition) is 1. The van der Waals surface area contributed by atoms with E-state index >= 15 is 0 Å². The normalized spacial score (nSPS) is 14.2. The molecule has 0 radical (unpaired) electrons. The van der Waals surface area contributed by atoms with Crippen molar-refractivity contribution in [2.24, 2.45) is 0 Å². The van der Waals surface area contributed by atoms with Crippen molar-refractivity contribution < 1.29 is 28.5 Å². The third-order valence-corrected chi connectivity index (χ3v) is 6.93. The van der Waals surface area contributed by atoms with E-state index in [1.165, 1.54) is 16.7 Å². The fourth-order valence-corrected chi connectivity index (χ4v) is 5.01. The van der Waals surface area contributed by atoms with Gasteiger partial charge in [-0.1, -0.05) is 42.5 Å². The van der Waals surface area contributed by atoms with Gasteiger partial charge in [0.05, 0.1) is 19.8 Å². The molecule has 10 heteroatoms. The van der Waals surface area contributed by atoms with Crippen molar-refractivity contribution >= 4 is 17.0 Å². The molecule has 0 amide bonds. The van der Waals surface area contributed by atoms with Gasteiger partial charge in [-0.15, -0.1) is 0 Å². The topological polar surface area (TPSA) is 103 Å². The molecule has 0 saturated heterocycles. The maximum absolute atomic E-state index is 14.0. The van der Waals surface area contributed by atoms with Crippen LogP contribution < -0.4 is 15.0 Å². The van der Waals surface area contributed by atoms with Crippen LogP contribution in [0.3, 0.4) is 0 Å². The average Bonchev–Trinajstić information content (AvgIpc) is 2.96. The summed E-state index contributed by atoms with van der Waals surface area (Å²) in [5.74, 6) is -0.636. The summed E-state index contributed by atoms with van der Waals surface area (Å²) in [6.45, 7) is 2.85. The zero-order valence-electron chi connectivity index (χ0n) is 23.0. The molecule has 0 saturated carbocycles. The lowest BCUT2D eigenvalue weighted by molar-refractivity contribution is 0.0516. The van der Waals surface area contributed by atoms with Gasteiger partial charge in [-0.05, 0) is 37.2 Å². The van der Waals surface area contributed by atoms with Crippen molar-refractivity contribution in [2.45, 2.75) is 32.6 Å². The number of rotatable bonds is 11. The molecule has 1 atom stereocenters. The van der Waals surface area contributed by atoms with E-state index in [0.717, 1.165) is 11.1 Å². The number of pyridine rings is 2. The van der Waals surface area contributed by atoms with Crippen LogP contribution in [0.4, 0.5) is 4.39 Å². The first-order valence-corrected chi connectivity index (χ1v) is 13.5. The lowest BCUT2D eigenvalue weighted by atomic mass is 10.0. The van der Waals surface area contributed by atoms with Crippen LogP contribution in [0, 0.1) is 5.82 Å². The summed E-state index contributed by atoms with van der Waals surface area (Å²) in [6.07, 6.45) is 1.56. The lowest BCUT2D eigenvalue weighted by Gasteiger charge is -2.32. The molecule has 0 bridgehead atoms. The second-order valence-electron chi connectivity index (χ2n) is 9.95. The molecule has 9 nitrogen and oxygen atoms in total. The quantitative estimate of drug-likeness (QED) is 0.277. The Morgan fingerprint density at radius 2 is 1.93 bits per heavy atom. The van der Waals surface area contributed by atoms with Gasteiger partial charge < -0.3 is 24.2 Å². The molecule has 1 N–H and O–H groups in total. The van der Waals surface area contributed by atoms with E-state index in [1.807, 2.05) is 42.3 Å². The highest BCUT2D eigenvalue weighted by Crippen LogP contribution is 2.38. The van der Waals surface area contributed by atoms with Gasteiger partial charge in [-0.25, -0.2) is 9.18 Å². The van der Waals surface area contributed by atoms with E-state index in [9.17, 15) is 19.1 Å². The summed E-state index contributed by atoms with van der Waals surface area (Å²) < 4.78 is 33.0. The molecule has 2 aromatic heterocycles. The molecule has 1 aliphatic rings. The molecule has 41 heavy (non-hydrogen) atoms. The Kier molecular flexibility index (Phi) is 8.61. The van der Waals surface area contributed by atoms with Crippen molar-refractivity contribution in [3.8, 4) is 11.5 Å². The maximum Gasteiger partial charge on any atom is 0.347 e. The van der Waals surface area contributed by atoms with Crippen molar-refractivity contribution in [1.82, 2.24) is 14.5 Å². The maximum atomic E-state index is 14.0. The standard InChI is InChI=1S/C31H32FN3O6/c1-3-39-31(38)25-29(40-19-21-7-5-4-6-8-21)26-27-28(22(16-33-26)15-20-9-11-23(32)12-10-20)41-24(17-34(2)13-14-36)18-35(27)30(25)37/h4-12,16,24,36H,3,13-15,17-19H2,1-2H3. The third-order valence-electron chi connectivity index (χ3n) is 6.93. The number of nitrogens with zero attached hydrogens (tertiary/aromatic N) is 3. The van der Waals surface area contributed by atoms with Crippen molar-refractivity contribution in [3.05, 3.63) is 99.2 Å². The van der Waals surface area contributed by atoms with Crippen LogP contribution in [0.25, 0.3) is 11.0 Å². The van der Waals surface area contributed by atoms with Gasteiger partial charge in [0.15, 0.2) is 17.1 Å². The number of aliphatic hydroxyl groups excluding tert-OH is 1. The third kappa shape index (κ3) is 6.08. The van der Waals surface area contributed by atoms with Crippen LogP contribution in [0.15, 0.2) is 65.6 Å². The molecule has 3 heterocycles. The number of hydrogen-bond acceptors (Lipinski definition) is 8. The van der Waals surface area contributed by atoms with Crippen LogP contribution in [-0.4, -0.2) is 65.0 Å². The van der Waals surface area contributed by atoms with Crippen LogP contribution in [0.1, 0.15) is 34.0 Å². The molecule has 0 spiro atoms. The number of ether oxygens (including phenoxy) is 3. The summed E-state index contributed by atoms with van der Waals surface area (Å²) in [5, 5.41) is 9.39. The first kappa shape index (κ1) is 28.3. The highest BCUT2D eigenvalue weighted by atomic mass is 19.1. The number of aromatic nitrogens is 2. The Hall–Kier alpha value is -4.28. The molecule has 5 rings (SSSR count). The Morgan fingerprint density at radius 1 is 1.17 bits per heavy atom.